The van der Waals surface area contributed by atoms with Crippen molar-refractivity contribution in [2.45, 2.75) is 69.0 Å². The topological polar surface area (TPSA) is 177 Å². The highest BCUT2D eigenvalue weighted by molar-refractivity contribution is 6.31. The van der Waals surface area contributed by atoms with Crippen LogP contribution in [0.1, 0.15) is 75.6 Å². The van der Waals surface area contributed by atoms with Crippen LogP contribution in [0.3, 0.4) is 0 Å². The Hall–Kier alpha value is -3.31. The van der Waals surface area contributed by atoms with Gasteiger partial charge in [-0.15, -0.1) is 0 Å². The summed E-state index contributed by atoms with van der Waals surface area (Å²) in [6.45, 7) is 2.85. The van der Waals surface area contributed by atoms with E-state index in [1.807, 2.05) is 0 Å². The number of phenolic OH excluding ortho intramolecular Hbond substituents is 2. The van der Waals surface area contributed by atoms with E-state index in [4.69, 9.17) is 15.2 Å². The van der Waals surface area contributed by atoms with Gasteiger partial charge in [0.25, 0.3) is 0 Å². The summed E-state index contributed by atoms with van der Waals surface area (Å²) in [4.78, 5) is 39.7. The minimum Gasteiger partial charge on any atom is -0.507 e. The summed E-state index contributed by atoms with van der Waals surface area (Å²) in [6.07, 6.45) is -2.81. The highest BCUT2D eigenvalue weighted by atomic mass is 16.5. The normalized spacial score (nSPS) is 30.8. The summed E-state index contributed by atoms with van der Waals surface area (Å²) in [5.41, 5.74) is 3.53. The largest absolute Gasteiger partial charge is 0.507 e. The molecule has 0 amide bonds. The first kappa shape index (κ1) is 25.3. The second kappa shape index (κ2) is 8.63. The summed E-state index contributed by atoms with van der Waals surface area (Å²) >= 11 is 0. The fourth-order valence-electron chi connectivity index (χ4n) is 6.04. The fourth-order valence-corrected chi connectivity index (χ4v) is 6.04. The number of hydrogen-bond acceptors (Lipinski definition) is 10. The van der Waals surface area contributed by atoms with Crippen LogP contribution in [0.2, 0.25) is 0 Å². The molecule has 0 aromatic heterocycles. The molecule has 1 fully saturated rings. The number of nitrogens with two attached hydrogens (primary N) is 1. The van der Waals surface area contributed by atoms with Crippen LogP contribution in [0.25, 0.3) is 0 Å². The molecule has 0 bridgehead atoms. The van der Waals surface area contributed by atoms with Crippen molar-refractivity contribution in [1.82, 2.24) is 0 Å². The van der Waals surface area contributed by atoms with Gasteiger partial charge < -0.3 is 35.6 Å². The number of aliphatic hydroxyl groups excluding tert-OH is 1. The second-order valence-corrected chi connectivity index (χ2v) is 10.2. The van der Waals surface area contributed by atoms with E-state index >= 15 is 0 Å². The third kappa shape index (κ3) is 3.58. The summed E-state index contributed by atoms with van der Waals surface area (Å²) in [7, 11) is 1.35. The molecule has 2 aromatic carbocycles. The molecule has 1 aliphatic heterocycles. The summed E-state index contributed by atoms with van der Waals surface area (Å²) in [6, 6.07) is 3.80. The smallest absolute Gasteiger partial charge is 0.202 e. The van der Waals surface area contributed by atoms with Crippen LogP contribution in [0.5, 0.6) is 17.2 Å². The number of aliphatic hydroxyl groups is 2. The van der Waals surface area contributed by atoms with Crippen molar-refractivity contribution in [3.63, 3.8) is 0 Å². The predicted molar refractivity (Wildman–Crippen MR) is 129 cm³/mol. The molecule has 10 nitrogen and oxygen atoms in total. The van der Waals surface area contributed by atoms with Crippen LogP contribution < -0.4 is 10.5 Å². The fraction of sp³-hybridized carbons (Fsp3) is 0.444. The van der Waals surface area contributed by atoms with Crippen LogP contribution >= 0.6 is 0 Å². The van der Waals surface area contributed by atoms with E-state index in [-0.39, 0.29) is 52.8 Å². The number of phenols is 2. The maximum Gasteiger partial charge on any atom is 0.202 e. The minimum atomic E-state index is -1.93. The van der Waals surface area contributed by atoms with Gasteiger partial charge >= 0.3 is 0 Å². The number of rotatable bonds is 3. The first-order valence-electron chi connectivity index (χ1n) is 12.1. The molecule has 1 saturated heterocycles. The molecule has 3 aliphatic rings. The van der Waals surface area contributed by atoms with Crippen molar-refractivity contribution in [3.05, 3.63) is 51.6 Å². The van der Waals surface area contributed by atoms with E-state index in [1.165, 1.54) is 32.2 Å². The molecule has 2 aromatic rings. The molecule has 2 aliphatic carbocycles. The van der Waals surface area contributed by atoms with Gasteiger partial charge in [0.05, 0.1) is 42.1 Å². The molecule has 1 heterocycles. The van der Waals surface area contributed by atoms with E-state index in [2.05, 4.69) is 0 Å². The molecular weight excluding hydrogens is 482 g/mol. The van der Waals surface area contributed by atoms with Gasteiger partial charge in [-0.25, -0.2) is 0 Å². The Bertz CT molecular complexity index is 1340. The Labute approximate surface area is 212 Å². The number of methoxy groups -OCH3 is 1. The van der Waals surface area contributed by atoms with Crippen LogP contribution in [0.4, 0.5) is 0 Å². The molecule has 196 valence electrons. The number of fused-ring (bicyclic) bond motifs is 3. The zero-order valence-corrected chi connectivity index (χ0v) is 20.6. The average Bonchev–Trinajstić information content (AvgIpc) is 2.86. The maximum atomic E-state index is 13.7. The van der Waals surface area contributed by atoms with Gasteiger partial charge in [-0.1, -0.05) is 12.1 Å². The standard InChI is InChI=1S/C27H29NO9/c1-10-22(30)15(28)7-17(37-10)13-8-27(35,11(2)29)9-14-18(13)25(33)21-20(24(14)32)23(31)12-5-4-6-16(36-3)19(12)26(21)34/h4-6,10,13,15,17,22,30,32-33,35H,7-9,28H2,1-3H3/t10?,13?,15?,17?,22?,27-/m1/s1. The zero-order chi connectivity index (χ0) is 27.0. The lowest BCUT2D eigenvalue weighted by Crippen LogP contribution is -2.54. The highest BCUT2D eigenvalue weighted by Crippen LogP contribution is 2.53. The molecule has 0 spiro atoms. The van der Waals surface area contributed by atoms with E-state index < -0.39 is 70.3 Å². The summed E-state index contributed by atoms with van der Waals surface area (Å²) < 4.78 is 11.3. The third-order valence-corrected chi connectivity index (χ3v) is 8.08. The lowest BCUT2D eigenvalue weighted by molar-refractivity contribution is -0.146. The number of hydrogen-bond donors (Lipinski definition) is 5. The SMILES string of the molecule is COc1cccc2c1C(=O)c1c(O)c3c(c(O)c1C2=O)C[C@@](O)(C(C)=O)CC3C1CC(N)C(O)C(C)O1. The van der Waals surface area contributed by atoms with E-state index in [0.29, 0.717) is 0 Å². The predicted octanol–water partition coefficient (Wildman–Crippen LogP) is 1.10. The number of benzene rings is 2. The maximum absolute atomic E-state index is 13.7. The second-order valence-electron chi connectivity index (χ2n) is 10.2. The zero-order valence-electron chi connectivity index (χ0n) is 20.6. The van der Waals surface area contributed by atoms with Crippen LogP contribution in [0, 0.1) is 0 Å². The first-order chi connectivity index (χ1) is 17.4. The highest BCUT2D eigenvalue weighted by Gasteiger charge is 2.51. The van der Waals surface area contributed by atoms with Gasteiger partial charge in [-0.05, 0) is 32.8 Å². The number of ether oxygens (including phenoxy) is 2. The van der Waals surface area contributed by atoms with Crippen LogP contribution in [0.15, 0.2) is 18.2 Å². The van der Waals surface area contributed by atoms with Gasteiger partial charge in [-0.3, -0.25) is 14.4 Å². The third-order valence-electron chi connectivity index (χ3n) is 8.08. The van der Waals surface area contributed by atoms with Gasteiger partial charge in [0.2, 0.25) is 5.78 Å². The van der Waals surface area contributed by atoms with Crippen molar-refractivity contribution >= 4 is 17.3 Å². The number of Topliss-reactive ketones (excluding diaryl/α,β-unsaturated/α-hetero) is 1. The van der Waals surface area contributed by atoms with Gasteiger partial charge in [0, 0.05) is 35.1 Å². The number of aromatic hydroxyl groups is 2. The molecule has 6 N–H and O–H groups in total. The molecule has 6 atom stereocenters. The van der Waals surface area contributed by atoms with Gasteiger partial charge in [-0.2, -0.15) is 0 Å². The Morgan fingerprint density at radius 1 is 1.14 bits per heavy atom. The minimum absolute atomic E-state index is 0.00471. The molecule has 0 radical (unpaired) electrons. The number of carbonyl (C=O) groups excluding carboxylic acids is 3. The average molecular weight is 512 g/mol. The molecule has 5 rings (SSSR count). The van der Waals surface area contributed by atoms with E-state index in [0.717, 1.165) is 0 Å². The van der Waals surface area contributed by atoms with Crippen molar-refractivity contribution in [2.75, 3.05) is 7.11 Å². The van der Waals surface area contributed by atoms with Crippen LogP contribution in [-0.2, 0) is 16.0 Å². The van der Waals surface area contributed by atoms with Crippen molar-refractivity contribution < 1.29 is 44.3 Å². The summed E-state index contributed by atoms with van der Waals surface area (Å²) in [5.74, 6) is -3.79. The quantitative estimate of drug-likeness (QED) is 0.320. The molecular formula is C27H29NO9. The van der Waals surface area contributed by atoms with Gasteiger partial charge in [0.1, 0.15) is 22.8 Å². The van der Waals surface area contributed by atoms with E-state index in [1.54, 1.807) is 6.92 Å². The van der Waals surface area contributed by atoms with Crippen molar-refractivity contribution in [2.24, 2.45) is 5.73 Å². The lowest BCUT2D eigenvalue weighted by Gasteiger charge is -2.45. The molecule has 37 heavy (non-hydrogen) atoms. The first-order valence-corrected chi connectivity index (χ1v) is 12.1. The Balaban J connectivity index is 1.76. The molecule has 10 heteroatoms. The Morgan fingerprint density at radius 2 is 1.81 bits per heavy atom. The Kier molecular flexibility index (Phi) is 5.91. The van der Waals surface area contributed by atoms with Crippen LogP contribution in [-0.4, -0.2) is 74.8 Å². The van der Waals surface area contributed by atoms with Gasteiger partial charge in [0.15, 0.2) is 11.6 Å². The number of carbonyl (C=O) groups is 3. The van der Waals surface area contributed by atoms with E-state index in [9.17, 15) is 34.8 Å². The molecule has 5 unspecified atom stereocenters. The summed E-state index contributed by atoms with van der Waals surface area (Å²) in [5, 5.41) is 44.5. The van der Waals surface area contributed by atoms with Crippen molar-refractivity contribution in [1.29, 1.82) is 0 Å². The Morgan fingerprint density at radius 3 is 2.43 bits per heavy atom. The molecule has 0 saturated carbocycles. The monoisotopic (exact) mass is 511 g/mol. The lowest BCUT2D eigenvalue weighted by atomic mass is 9.66. The number of ketones is 3. The van der Waals surface area contributed by atoms with Crippen molar-refractivity contribution in [3.8, 4) is 17.2 Å².